The van der Waals surface area contributed by atoms with E-state index in [0.717, 1.165) is 0 Å². The summed E-state index contributed by atoms with van der Waals surface area (Å²) in [5.74, 6) is 0.731. The van der Waals surface area contributed by atoms with Crippen molar-refractivity contribution >= 4 is 26.0 Å². The second-order valence-electron chi connectivity index (χ2n) is 3.65. The van der Waals surface area contributed by atoms with E-state index in [0.29, 0.717) is 10.2 Å². The van der Waals surface area contributed by atoms with E-state index >= 15 is 0 Å². The molecule has 0 unspecified atom stereocenters. The smallest absolute Gasteiger partial charge is 0.340 e. The van der Waals surface area contributed by atoms with E-state index in [-0.39, 0.29) is 10.6 Å². The van der Waals surface area contributed by atoms with E-state index in [1.165, 1.54) is 19.2 Å². The standard InChI is InChI=1S/C13H11BrO4S/c1-17-10-5-4-6-11(9-10)18-19(15,16)13-8-3-2-7-12(13)14/h2-9H,1H3. The van der Waals surface area contributed by atoms with Gasteiger partial charge in [0.15, 0.2) is 0 Å². The zero-order valence-electron chi connectivity index (χ0n) is 10.0. The van der Waals surface area contributed by atoms with E-state index in [4.69, 9.17) is 8.92 Å². The van der Waals surface area contributed by atoms with Crippen molar-refractivity contribution in [1.82, 2.24) is 0 Å². The summed E-state index contributed by atoms with van der Waals surface area (Å²) in [6.07, 6.45) is 0. The normalized spacial score (nSPS) is 11.1. The van der Waals surface area contributed by atoms with Gasteiger partial charge in [-0.25, -0.2) is 0 Å². The van der Waals surface area contributed by atoms with Crippen molar-refractivity contribution in [3.63, 3.8) is 0 Å². The molecule has 19 heavy (non-hydrogen) atoms. The molecule has 100 valence electrons. The highest BCUT2D eigenvalue weighted by molar-refractivity contribution is 9.10. The summed E-state index contributed by atoms with van der Waals surface area (Å²) in [6.45, 7) is 0. The molecule has 0 amide bonds. The van der Waals surface area contributed by atoms with Gasteiger partial charge >= 0.3 is 10.1 Å². The van der Waals surface area contributed by atoms with Gasteiger partial charge in [0.1, 0.15) is 16.4 Å². The topological polar surface area (TPSA) is 52.6 Å². The Morgan fingerprint density at radius 1 is 1.00 bits per heavy atom. The Morgan fingerprint density at radius 3 is 2.37 bits per heavy atom. The number of methoxy groups -OCH3 is 1. The van der Waals surface area contributed by atoms with Crippen molar-refractivity contribution in [2.45, 2.75) is 4.90 Å². The SMILES string of the molecule is COc1cccc(OS(=O)(=O)c2ccccc2Br)c1. The number of rotatable bonds is 4. The van der Waals surface area contributed by atoms with Crippen LogP contribution in [0.5, 0.6) is 11.5 Å². The minimum atomic E-state index is -3.87. The fraction of sp³-hybridized carbons (Fsp3) is 0.0769. The van der Waals surface area contributed by atoms with Crippen LogP contribution >= 0.6 is 15.9 Å². The van der Waals surface area contributed by atoms with Crippen LogP contribution in [0.2, 0.25) is 0 Å². The summed E-state index contributed by atoms with van der Waals surface area (Å²) in [6, 6.07) is 12.9. The van der Waals surface area contributed by atoms with Gasteiger partial charge in [-0.1, -0.05) is 18.2 Å². The van der Waals surface area contributed by atoms with Crippen molar-refractivity contribution < 1.29 is 17.3 Å². The van der Waals surface area contributed by atoms with Gasteiger partial charge in [-0.15, -0.1) is 0 Å². The lowest BCUT2D eigenvalue weighted by Crippen LogP contribution is -2.10. The minimum Gasteiger partial charge on any atom is -0.497 e. The first kappa shape index (κ1) is 13.9. The molecule has 0 aromatic heterocycles. The molecule has 0 saturated carbocycles. The number of hydrogen-bond donors (Lipinski definition) is 0. The Kier molecular flexibility index (Phi) is 4.11. The van der Waals surface area contributed by atoms with E-state index in [9.17, 15) is 8.42 Å². The molecule has 0 bridgehead atoms. The van der Waals surface area contributed by atoms with Crippen LogP contribution in [0, 0.1) is 0 Å². The molecule has 0 aliphatic rings. The van der Waals surface area contributed by atoms with Crippen molar-refractivity contribution in [3.05, 3.63) is 53.0 Å². The maximum atomic E-state index is 12.1. The van der Waals surface area contributed by atoms with Crippen LogP contribution in [-0.2, 0) is 10.1 Å². The van der Waals surface area contributed by atoms with Gasteiger partial charge < -0.3 is 8.92 Å². The summed E-state index contributed by atoms with van der Waals surface area (Å²) in [7, 11) is -2.37. The van der Waals surface area contributed by atoms with Crippen LogP contribution in [0.1, 0.15) is 0 Å². The zero-order valence-corrected chi connectivity index (χ0v) is 12.4. The number of halogens is 1. The van der Waals surface area contributed by atoms with Crippen LogP contribution in [0.25, 0.3) is 0 Å². The summed E-state index contributed by atoms with van der Waals surface area (Å²) in [5, 5.41) is 0. The Bertz CT molecular complexity index is 683. The molecule has 2 aromatic carbocycles. The third-order valence-corrected chi connectivity index (χ3v) is 4.61. The minimum absolute atomic E-state index is 0.0813. The van der Waals surface area contributed by atoms with Crippen LogP contribution in [0.4, 0.5) is 0 Å². The maximum absolute atomic E-state index is 12.1. The molecular formula is C13H11BrO4S. The molecule has 0 atom stereocenters. The molecule has 2 rings (SSSR count). The Morgan fingerprint density at radius 2 is 1.68 bits per heavy atom. The lowest BCUT2D eigenvalue weighted by atomic mass is 10.3. The first-order valence-electron chi connectivity index (χ1n) is 5.36. The molecule has 0 saturated heterocycles. The first-order chi connectivity index (χ1) is 9.03. The summed E-state index contributed by atoms with van der Waals surface area (Å²) in [4.78, 5) is 0.0813. The van der Waals surface area contributed by atoms with E-state index in [1.54, 1.807) is 36.4 Å². The van der Waals surface area contributed by atoms with Crippen LogP contribution < -0.4 is 8.92 Å². The third kappa shape index (κ3) is 3.27. The molecule has 0 aliphatic heterocycles. The van der Waals surface area contributed by atoms with Gasteiger partial charge in [0.05, 0.1) is 7.11 Å². The van der Waals surface area contributed by atoms with Gasteiger partial charge in [0, 0.05) is 10.5 Å². The van der Waals surface area contributed by atoms with E-state index in [1.807, 2.05) is 0 Å². The molecule has 0 radical (unpaired) electrons. The van der Waals surface area contributed by atoms with Crippen LogP contribution in [0.15, 0.2) is 57.9 Å². The molecule has 0 aliphatic carbocycles. The Labute approximate surface area is 120 Å². The second kappa shape index (κ2) is 5.63. The predicted molar refractivity (Wildman–Crippen MR) is 74.9 cm³/mol. The van der Waals surface area contributed by atoms with Crippen LogP contribution in [0.3, 0.4) is 0 Å². The third-order valence-electron chi connectivity index (χ3n) is 2.35. The number of hydrogen-bond acceptors (Lipinski definition) is 4. The summed E-state index contributed by atoms with van der Waals surface area (Å²) < 4.78 is 34.8. The summed E-state index contributed by atoms with van der Waals surface area (Å²) in [5.41, 5.74) is 0. The number of benzene rings is 2. The highest BCUT2D eigenvalue weighted by atomic mass is 79.9. The van der Waals surface area contributed by atoms with Gasteiger partial charge in [-0.2, -0.15) is 8.42 Å². The van der Waals surface area contributed by atoms with Gasteiger partial charge in [0.25, 0.3) is 0 Å². The lowest BCUT2D eigenvalue weighted by Gasteiger charge is -2.09. The first-order valence-corrected chi connectivity index (χ1v) is 7.56. The number of ether oxygens (including phenoxy) is 1. The molecule has 0 N–H and O–H groups in total. The van der Waals surface area contributed by atoms with Crippen molar-refractivity contribution in [2.75, 3.05) is 7.11 Å². The predicted octanol–water partition coefficient (Wildman–Crippen LogP) is 3.23. The molecule has 2 aromatic rings. The van der Waals surface area contributed by atoms with Crippen molar-refractivity contribution in [3.8, 4) is 11.5 Å². The Hall–Kier alpha value is -1.53. The monoisotopic (exact) mass is 342 g/mol. The highest BCUT2D eigenvalue weighted by Gasteiger charge is 2.19. The molecular weight excluding hydrogens is 332 g/mol. The highest BCUT2D eigenvalue weighted by Crippen LogP contribution is 2.26. The average molecular weight is 343 g/mol. The van der Waals surface area contributed by atoms with Crippen molar-refractivity contribution in [2.24, 2.45) is 0 Å². The summed E-state index contributed by atoms with van der Waals surface area (Å²) >= 11 is 3.19. The van der Waals surface area contributed by atoms with Gasteiger partial charge in [-0.05, 0) is 40.2 Å². The molecule has 4 nitrogen and oxygen atoms in total. The zero-order chi connectivity index (χ0) is 13.9. The fourth-order valence-electron chi connectivity index (χ4n) is 1.47. The van der Waals surface area contributed by atoms with Crippen molar-refractivity contribution in [1.29, 1.82) is 0 Å². The largest absolute Gasteiger partial charge is 0.497 e. The molecule has 6 heteroatoms. The van der Waals surface area contributed by atoms with E-state index < -0.39 is 10.1 Å². The maximum Gasteiger partial charge on any atom is 0.340 e. The van der Waals surface area contributed by atoms with Gasteiger partial charge in [-0.3, -0.25) is 0 Å². The lowest BCUT2D eigenvalue weighted by molar-refractivity contribution is 0.411. The van der Waals surface area contributed by atoms with E-state index in [2.05, 4.69) is 15.9 Å². The van der Waals surface area contributed by atoms with Crippen LogP contribution in [-0.4, -0.2) is 15.5 Å². The molecule has 0 heterocycles. The fourth-order valence-corrected chi connectivity index (χ4v) is 3.35. The quantitative estimate of drug-likeness (QED) is 0.800. The Balaban J connectivity index is 2.34. The second-order valence-corrected chi connectivity index (χ2v) is 6.02. The molecule has 0 fully saturated rings. The van der Waals surface area contributed by atoms with Gasteiger partial charge in [0.2, 0.25) is 0 Å². The average Bonchev–Trinajstić information content (AvgIpc) is 2.38. The molecule has 0 spiro atoms.